The third kappa shape index (κ3) is 12.7. The van der Waals surface area contributed by atoms with Crippen molar-refractivity contribution in [2.45, 2.75) is 0 Å². The molecule has 0 aromatic carbocycles. The molecule has 4 aromatic rings. The first-order valence-electron chi connectivity index (χ1n) is 10.7. The van der Waals surface area contributed by atoms with Gasteiger partial charge >= 0.3 is 19.5 Å². The van der Waals surface area contributed by atoms with Crippen molar-refractivity contribution in [3.8, 4) is 33.6 Å². The van der Waals surface area contributed by atoms with E-state index in [-0.39, 0.29) is 64.5 Å². The van der Waals surface area contributed by atoms with Crippen LogP contribution in [-0.2, 0) is 44.7 Å². The average molecular weight is 702 g/mol. The van der Waals surface area contributed by atoms with Crippen molar-refractivity contribution in [3.63, 3.8) is 0 Å². The number of rotatable bonds is 6. The molecule has 0 aliphatic carbocycles. The van der Waals surface area contributed by atoms with E-state index in [1.54, 1.807) is 0 Å². The standard InChI is InChI=1S/2C12H8N2O4.2CHNS.Ru/c2*15-11(16)7-1-3-13-9(5-7)10-6-8(12(17)18)2-4-14-10;2*2-1-3;/h2*1-6H,(H,15,16)(H,17,18);2*3H;/q;;;;+6/p-6. The summed E-state index contributed by atoms with van der Waals surface area (Å²) in [5.41, 5.74) is 0.779. The maximum Gasteiger partial charge on any atom is 6.00 e. The molecule has 0 saturated carbocycles. The molecular formula is C26H12N6O8RuS2. The zero-order valence-corrected chi connectivity index (χ0v) is 24.4. The molecule has 0 atom stereocenters. The van der Waals surface area contributed by atoms with Gasteiger partial charge in [0.05, 0.1) is 46.7 Å². The second kappa shape index (κ2) is 19.6. The number of hydrogen-bond donors (Lipinski definition) is 0. The summed E-state index contributed by atoms with van der Waals surface area (Å²) >= 11 is 7.40. The van der Waals surface area contributed by atoms with Gasteiger partial charge in [-0.1, -0.05) is 10.8 Å². The van der Waals surface area contributed by atoms with Crippen molar-refractivity contribution in [2.24, 2.45) is 0 Å². The number of pyridine rings is 4. The number of hydrogen-bond acceptors (Lipinski definition) is 16. The van der Waals surface area contributed by atoms with Crippen LogP contribution in [0.5, 0.6) is 0 Å². The summed E-state index contributed by atoms with van der Waals surface area (Å²) < 4.78 is 0. The molecule has 0 amide bonds. The van der Waals surface area contributed by atoms with Crippen LogP contribution in [0, 0.1) is 21.3 Å². The zero-order chi connectivity index (χ0) is 31.7. The quantitative estimate of drug-likeness (QED) is 0.117. The van der Waals surface area contributed by atoms with Crippen LogP contribution in [-0.4, -0.2) is 43.8 Å². The third-order valence-electron chi connectivity index (χ3n) is 4.51. The van der Waals surface area contributed by atoms with Gasteiger partial charge in [0.25, 0.3) is 0 Å². The minimum absolute atomic E-state index is 0. The molecule has 4 aromatic heterocycles. The van der Waals surface area contributed by atoms with Crippen molar-refractivity contribution < 1.29 is 59.1 Å². The molecule has 0 spiro atoms. The Morgan fingerprint density at radius 1 is 0.512 bits per heavy atom. The molecule has 0 aliphatic rings. The molecule has 14 nitrogen and oxygen atoms in total. The first-order chi connectivity index (χ1) is 20.0. The van der Waals surface area contributed by atoms with Gasteiger partial charge in [-0.15, -0.1) is 0 Å². The van der Waals surface area contributed by atoms with Crippen molar-refractivity contribution in [3.05, 3.63) is 95.6 Å². The Morgan fingerprint density at radius 3 is 0.814 bits per heavy atom. The predicted molar refractivity (Wildman–Crippen MR) is 138 cm³/mol. The summed E-state index contributed by atoms with van der Waals surface area (Å²) in [4.78, 5) is 58.5. The fraction of sp³-hybridized carbons (Fsp3) is 0. The third-order valence-corrected chi connectivity index (χ3v) is 4.51. The molecule has 4 rings (SSSR count). The van der Waals surface area contributed by atoms with E-state index in [0.29, 0.717) is 0 Å². The number of nitriles is 2. The maximum atomic E-state index is 10.7. The molecule has 0 N–H and O–H groups in total. The Hall–Kier alpha value is -5.48. The fourth-order valence-corrected chi connectivity index (χ4v) is 2.79. The van der Waals surface area contributed by atoms with Gasteiger partial charge in [0, 0.05) is 47.0 Å². The van der Waals surface area contributed by atoms with Gasteiger partial charge in [0.1, 0.15) is 0 Å². The number of thiocyanates is 2. The monoisotopic (exact) mass is 702 g/mol. The molecule has 0 radical (unpaired) electrons. The molecule has 17 heteroatoms. The minimum atomic E-state index is -1.34. The fourth-order valence-electron chi connectivity index (χ4n) is 2.79. The Balaban J connectivity index is 0.000000680. The number of nitrogens with zero attached hydrogens (tertiary/aromatic N) is 6. The topological polar surface area (TPSA) is 260 Å². The molecule has 43 heavy (non-hydrogen) atoms. The van der Waals surface area contributed by atoms with E-state index >= 15 is 0 Å². The van der Waals surface area contributed by atoms with Crippen molar-refractivity contribution in [1.29, 1.82) is 10.5 Å². The van der Waals surface area contributed by atoms with Crippen molar-refractivity contribution >= 4 is 49.1 Å². The van der Waals surface area contributed by atoms with E-state index in [1.807, 2.05) is 0 Å². The van der Waals surface area contributed by atoms with Gasteiger partial charge in [0.2, 0.25) is 0 Å². The average Bonchev–Trinajstić information content (AvgIpc) is 2.98. The van der Waals surface area contributed by atoms with Gasteiger partial charge in [-0.2, -0.15) is 0 Å². The second-order valence-corrected chi connectivity index (χ2v) is 7.42. The molecule has 0 fully saturated rings. The first-order valence-corrected chi connectivity index (χ1v) is 11.5. The summed E-state index contributed by atoms with van der Waals surface area (Å²) in [5, 5.41) is 59.7. The normalized spacial score (nSPS) is 8.70. The van der Waals surface area contributed by atoms with Gasteiger partial charge in [0.15, 0.2) is 0 Å². The SMILES string of the molecule is N#C[S-].N#C[S-].O=C([O-])c1ccnc(-c2cc(C(=O)[O-])ccn2)c1.O=C([O-])c1ccnc(-c2cc(C(=O)[O-])ccn2)c1.[Ru+6]. The smallest absolute Gasteiger partial charge is 0.696 e. The number of carbonyl (C=O) groups excluding carboxylic acids is 4. The van der Waals surface area contributed by atoms with Crippen molar-refractivity contribution in [2.75, 3.05) is 0 Å². The Labute approximate surface area is 266 Å². The zero-order valence-electron chi connectivity index (χ0n) is 21.0. The van der Waals surface area contributed by atoms with Gasteiger partial charge in [-0.25, -0.2) is 10.5 Å². The molecule has 0 unspecified atom stereocenters. The Morgan fingerprint density at radius 2 is 0.674 bits per heavy atom. The van der Waals surface area contributed by atoms with Crippen LogP contribution < -0.4 is 20.4 Å². The minimum Gasteiger partial charge on any atom is -0.696 e. The molecule has 0 aliphatic heterocycles. The summed E-state index contributed by atoms with van der Waals surface area (Å²) in [5.74, 6) is -5.35. The number of carboxylic acid groups (broad SMARTS) is 4. The van der Waals surface area contributed by atoms with E-state index in [1.165, 1.54) is 84.1 Å². The van der Waals surface area contributed by atoms with Crippen molar-refractivity contribution in [1.82, 2.24) is 19.9 Å². The van der Waals surface area contributed by atoms with Crippen LogP contribution >= 0.6 is 0 Å². The largest absolute Gasteiger partial charge is 6.00 e. The molecular weight excluding hydrogens is 690 g/mol. The molecule has 4 heterocycles. The second-order valence-electron chi connectivity index (χ2n) is 7.05. The molecule has 0 saturated heterocycles. The van der Waals surface area contributed by atoms with Crippen LogP contribution in [0.15, 0.2) is 73.3 Å². The predicted octanol–water partition coefficient (Wildman–Crippen LogP) is -2.23. The van der Waals surface area contributed by atoms with Gasteiger partial charge in [-0.05, 0) is 48.5 Å². The summed E-state index contributed by atoms with van der Waals surface area (Å²) in [6.07, 6.45) is 5.14. The molecule has 0 bridgehead atoms. The summed E-state index contributed by atoms with van der Waals surface area (Å²) in [6, 6.07) is 10.2. The number of carbonyl (C=O) groups is 4. The van der Waals surface area contributed by atoms with Crippen LogP contribution in [0.1, 0.15) is 41.4 Å². The van der Waals surface area contributed by atoms with E-state index in [0.717, 1.165) is 0 Å². The number of aromatic carboxylic acids is 4. The van der Waals surface area contributed by atoms with E-state index in [2.05, 4.69) is 45.2 Å². The van der Waals surface area contributed by atoms with Crippen LogP contribution in [0.25, 0.3) is 22.8 Å². The maximum absolute atomic E-state index is 10.7. The van der Waals surface area contributed by atoms with E-state index < -0.39 is 23.9 Å². The van der Waals surface area contributed by atoms with Crippen LogP contribution in [0.2, 0.25) is 0 Å². The first kappa shape index (κ1) is 37.5. The number of carboxylic acids is 4. The Bertz CT molecular complexity index is 1440. The van der Waals surface area contributed by atoms with Gasteiger partial charge < -0.3 is 64.9 Å². The van der Waals surface area contributed by atoms with Crippen LogP contribution in [0.3, 0.4) is 0 Å². The number of aromatic nitrogens is 4. The summed E-state index contributed by atoms with van der Waals surface area (Å²) in [7, 11) is 0. The van der Waals surface area contributed by atoms with Gasteiger partial charge in [-0.3, -0.25) is 19.9 Å². The summed E-state index contributed by atoms with van der Waals surface area (Å²) in [6.45, 7) is 0. The molecule has 214 valence electrons. The Kier molecular flexibility index (Phi) is 17.1. The van der Waals surface area contributed by atoms with Crippen LogP contribution in [0.4, 0.5) is 0 Å². The van der Waals surface area contributed by atoms with E-state index in [4.69, 9.17) is 10.5 Å². The van der Waals surface area contributed by atoms with E-state index in [9.17, 15) is 39.6 Å².